The number of hydrogen-bond donors (Lipinski definition) is 1. The second-order valence-electron chi connectivity index (χ2n) is 7.67. The minimum atomic E-state index is 0.164. The summed E-state index contributed by atoms with van der Waals surface area (Å²) < 4.78 is 5.24. The highest BCUT2D eigenvalue weighted by molar-refractivity contribution is 5.40. The van der Waals surface area contributed by atoms with Gasteiger partial charge in [0.15, 0.2) is 0 Å². The van der Waals surface area contributed by atoms with Crippen LogP contribution in [0.3, 0.4) is 0 Å². The normalized spacial score (nSPS) is 17.8. The molecule has 0 aromatic heterocycles. The van der Waals surface area contributed by atoms with Gasteiger partial charge in [-0.15, -0.1) is 0 Å². The Bertz CT molecular complexity index is 701. The van der Waals surface area contributed by atoms with E-state index < -0.39 is 0 Å². The number of rotatable bonds is 4. The van der Waals surface area contributed by atoms with Crippen LogP contribution in [0.5, 0.6) is 5.75 Å². The van der Waals surface area contributed by atoms with Crippen LogP contribution in [0.25, 0.3) is 0 Å². The van der Waals surface area contributed by atoms with Crippen molar-refractivity contribution in [2.75, 3.05) is 13.7 Å². The van der Waals surface area contributed by atoms with Crippen LogP contribution in [-0.4, -0.2) is 18.6 Å². The van der Waals surface area contributed by atoms with Crippen molar-refractivity contribution in [3.05, 3.63) is 64.7 Å². The first-order valence-electron chi connectivity index (χ1n) is 8.62. The molecule has 0 saturated heterocycles. The molecule has 1 heterocycles. The van der Waals surface area contributed by atoms with Crippen LogP contribution >= 0.6 is 0 Å². The molecule has 3 rings (SSSR count). The average molecular weight is 324 g/mol. The zero-order valence-corrected chi connectivity index (χ0v) is 15.2. The zero-order valence-electron chi connectivity index (χ0n) is 15.2. The van der Waals surface area contributed by atoms with Gasteiger partial charge >= 0.3 is 0 Å². The van der Waals surface area contributed by atoms with Gasteiger partial charge in [0.1, 0.15) is 5.75 Å². The fraction of sp³-hybridized carbons (Fsp3) is 0.429. The van der Waals surface area contributed by atoms with Crippen LogP contribution in [0.1, 0.15) is 49.1 Å². The number of fused-ring (bicyclic) bond motifs is 1. The van der Waals surface area contributed by atoms with Gasteiger partial charge in [-0.25, -0.2) is 0 Å². The van der Waals surface area contributed by atoms with Crippen molar-refractivity contribution in [2.45, 2.75) is 45.3 Å². The molecule has 3 nitrogen and oxygen atoms in total. The molecular weight excluding hydrogens is 296 g/mol. The highest BCUT2D eigenvalue weighted by Gasteiger charge is 2.30. The molecule has 2 N–H and O–H groups in total. The van der Waals surface area contributed by atoms with Gasteiger partial charge in [-0.2, -0.15) is 0 Å². The van der Waals surface area contributed by atoms with E-state index in [1.807, 2.05) is 12.1 Å². The number of methoxy groups -OCH3 is 1. The van der Waals surface area contributed by atoms with Crippen molar-refractivity contribution in [3.8, 4) is 5.75 Å². The number of hydrogen-bond acceptors (Lipinski definition) is 3. The average Bonchev–Trinajstić information content (AvgIpc) is 2.90. The molecular formula is C21H28N2O. The number of nitrogens with zero attached hydrogens (tertiary/aromatic N) is 1. The molecule has 1 aliphatic rings. The van der Waals surface area contributed by atoms with Gasteiger partial charge < -0.3 is 10.5 Å². The summed E-state index contributed by atoms with van der Waals surface area (Å²) in [6.45, 7) is 9.30. The van der Waals surface area contributed by atoms with Crippen molar-refractivity contribution < 1.29 is 4.74 Å². The van der Waals surface area contributed by atoms with E-state index in [9.17, 15) is 0 Å². The summed E-state index contributed by atoms with van der Waals surface area (Å²) in [5.74, 6) is 0.897. The summed E-state index contributed by atoms with van der Waals surface area (Å²) in [6, 6.07) is 15.5. The van der Waals surface area contributed by atoms with Crippen molar-refractivity contribution in [1.29, 1.82) is 0 Å². The van der Waals surface area contributed by atoms with E-state index in [-0.39, 0.29) is 5.41 Å². The third-order valence-electron chi connectivity index (χ3n) is 4.95. The molecule has 1 atom stereocenters. The molecule has 0 bridgehead atoms. The van der Waals surface area contributed by atoms with Crippen molar-refractivity contribution in [1.82, 2.24) is 4.90 Å². The third-order valence-corrected chi connectivity index (χ3v) is 4.95. The molecule has 24 heavy (non-hydrogen) atoms. The maximum absolute atomic E-state index is 6.14. The van der Waals surface area contributed by atoms with Crippen LogP contribution in [0, 0.1) is 0 Å². The summed E-state index contributed by atoms with van der Waals surface area (Å²) >= 11 is 0. The number of benzene rings is 2. The number of nitrogens with two attached hydrogens (primary N) is 1. The monoisotopic (exact) mass is 324 g/mol. The minimum Gasteiger partial charge on any atom is -0.497 e. The standard InChI is InChI=1S/C21H28N2O/c1-21(2,3)17-8-7-16-14-23(20(12-22)19(16)11-17)13-15-5-9-18(24-4)10-6-15/h5-11,20H,12-14,22H2,1-4H3. The Kier molecular flexibility index (Phi) is 4.66. The van der Waals surface area contributed by atoms with Crippen molar-refractivity contribution in [2.24, 2.45) is 5.73 Å². The highest BCUT2D eigenvalue weighted by Crippen LogP contribution is 2.37. The van der Waals surface area contributed by atoms with Crippen LogP contribution in [0.2, 0.25) is 0 Å². The first kappa shape index (κ1) is 17.0. The minimum absolute atomic E-state index is 0.164. The Balaban J connectivity index is 1.83. The molecule has 0 amide bonds. The van der Waals surface area contributed by atoms with Gasteiger partial charge in [0.05, 0.1) is 7.11 Å². The van der Waals surface area contributed by atoms with Crippen molar-refractivity contribution >= 4 is 0 Å². The van der Waals surface area contributed by atoms with E-state index in [1.54, 1.807) is 7.11 Å². The summed E-state index contributed by atoms with van der Waals surface area (Å²) in [7, 11) is 1.70. The van der Waals surface area contributed by atoms with E-state index in [4.69, 9.17) is 10.5 Å². The molecule has 2 aromatic carbocycles. The SMILES string of the molecule is COc1ccc(CN2Cc3ccc(C(C)(C)C)cc3C2CN)cc1. The smallest absolute Gasteiger partial charge is 0.118 e. The van der Waals surface area contributed by atoms with Gasteiger partial charge in [0, 0.05) is 25.7 Å². The quantitative estimate of drug-likeness (QED) is 0.923. The van der Waals surface area contributed by atoms with E-state index >= 15 is 0 Å². The number of ether oxygens (including phenoxy) is 1. The molecule has 0 saturated carbocycles. The van der Waals surface area contributed by atoms with Crippen LogP contribution in [0.4, 0.5) is 0 Å². The van der Waals surface area contributed by atoms with Crippen LogP contribution in [-0.2, 0) is 18.5 Å². The van der Waals surface area contributed by atoms with E-state index in [1.165, 1.54) is 22.3 Å². The predicted molar refractivity (Wildman–Crippen MR) is 99.2 cm³/mol. The molecule has 2 aromatic rings. The Morgan fingerprint density at radius 3 is 2.42 bits per heavy atom. The second-order valence-corrected chi connectivity index (χ2v) is 7.67. The lowest BCUT2D eigenvalue weighted by molar-refractivity contribution is 0.211. The molecule has 0 spiro atoms. The fourth-order valence-electron chi connectivity index (χ4n) is 3.45. The van der Waals surface area contributed by atoms with Gasteiger partial charge in [0.2, 0.25) is 0 Å². The van der Waals surface area contributed by atoms with E-state index in [2.05, 4.69) is 56.0 Å². The third kappa shape index (κ3) is 3.33. The fourth-order valence-corrected chi connectivity index (χ4v) is 3.45. The van der Waals surface area contributed by atoms with E-state index in [0.717, 1.165) is 18.8 Å². The topological polar surface area (TPSA) is 38.5 Å². The lowest BCUT2D eigenvalue weighted by Crippen LogP contribution is -2.27. The van der Waals surface area contributed by atoms with Crippen LogP contribution in [0.15, 0.2) is 42.5 Å². The van der Waals surface area contributed by atoms with Gasteiger partial charge in [-0.3, -0.25) is 4.90 Å². The highest BCUT2D eigenvalue weighted by atomic mass is 16.5. The summed E-state index contributed by atoms with van der Waals surface area (Å²) in [5, 5.41) is 0. The maximum atomic E-state index is 6.14. The lowest BCUT2D eigenvalue weighted by Gasteiger charge is -2.25. The first-order chi connectivity index (χ1) is 11.4. The molecule has 128 valence electrons. The van der Waals surface area contributed by atoms with Gasteiger partial charge in [0.25, 0.3) is 0 Å². The predicted octanol–water partition coefficient (Wildman–Crippen LogP) is 4.01. The molecule has 0 aliphatic carbocycles. The Morgan fingerprint density at radius 1 is 1.12 bits per heavy atom. The second kappa shape index (κ2) is 6.58. The zero-order chi connectivity index (χ0) is 17.3. The van der Waals surface area contributed by atoms with Crippen molar-refractivity contribution in [3.63, 3.8) is 0 Å². The molecule has 3 heteroatoms. The Labute approximate surface area is 145 Å². The summed E-state index contributed by atoms with van der Waals surface area (Å²) in [5.41, 5.74) is 11.8. The lowest BCUT2D eigenvalue weighted by atomic mass is 9.85. The largest absolute Gasteiger partial charge is 0.497 e. The summed E-state index contributed by atoms with van der Waals surface area (Å²) in [4.78, 5) is 2.47. The Morgan fingerprint density at radius 2 is 1.83 bits per heavy atom. The molecule has 0 fully saturated rings. The van der Waals surface area contributed by atoms with Gasteiger partial charge in [-0.1, -0.05) is 51.1 Å². The van der Waals surface area contributed by atoms with E-state index in [0.29, 0.717) is 12.6 Å². The maximum Gasteiger partial charge on any atom is 0.118 e. The van der Waals surface area contributed by atoms with Gasteiger partial charge in [-0.05, 0) is 39.8 Å². The van der Waals surface area contributed by atoms with Crippen LogP contribution < -0.4 is 10.5 Å². The first-order valence-corrected chi connectivity index (χ1v) is 8.62. The molecule has 0 radical (unpaired) electrons. The summed E-state index contributed by atoms with van der Waals surface area (Å²) in [6.07, 6.45) is 0. The molecule has 1 aliphatic heterocycles. The molecule has 1 unspecified atom stereocenters. The Hall–Kier alpha value is -1.84.